The standard InChI is InChI=1S/C14H12F3NO/c15-9-4-1-2-7-12(9)18-13(8-19)14-10(16)5-3-6-11(14)17/h1-7,13,18-19H,8H2. The van der Waals surface area contributed by atoms with Gasteiger partial charge in [0, 0.05) is 5.56 Å². The van der Waals surface area contributed by atoms with Gasteiger partial charge in [-0.3, -0.25) is 0 Å². The van der Waals surface area contributed by atoms with Gasteiger partial charge in [-0.1, -0.05) is 18.2 Å². The predicted octanol–water partition coefficient (Wildman–Crippen LogP) is 3.25. The maximum atomic E-state index is 13.6. The topological polar surface area (TPSA) is 32.3 Å². The highest BCUT2D eigenvalue weighted by molar-refractivity contribution is 5.47. The molecule has 2 rings (SSSR count). The summed E-state index contributed by atoms with van der Waals surface area (Å²) < 4.78 is 40.7. The minimum absolute atomic E-state index is 0.0733. The molecule has 19 heavy (non-hydrogen) atoms. The lowest BCUT2D eigenvalue weighted by molar-refractivity contribution is 0.270. The van der Waals surface area contributed by atoms with Gasteiger partial charge in [0.05, 0.1) is 18.3 Å². The average molecular weight is 267 g/mol. The third-order valence-corrected chi connectivity index (χ3v) is 2.73. The van der Waals surface area contributed by atoms with E-state index in [1.54, 1.807) is 6.07 Å². The third kappa shape index (κ3) is 2.88. The van der Waals surface area contributed by atoms with Crippen molar-refractivity contribution in [1.29, 1.82) is 0 Å². The monoisotopic (exact) mass is 267 g/mol. The molecule has 100 valence electrons. The number of hydrogen-bond acceptors (Lipinski definition) is 2. The van der Waals surface area contributed by atoms with Gasteiger partial charge >= 0.3 is 0 Å². The quantitative estimate of drug-likeness (QED) is 0.891. The molecule has 0 spiro atoms. The van der Waals surface area contributed by atoms with E-state index in [1.165, 1.54) is 24.3 Å². The van der Waals surface area contributed by atoms with Gasteiger partial charge in [-0.2, -0.15) is 0 Å². The molecule has 0 aliphatic carbocycles. The van der Waals surface area contributed by atoms with Gasteiger partial charge in [-0.05, 0) is 24.3 Å². The van der Waals surface area contributed by atoms with Crippen LogP contribution in [0.3, 0.4) is 0 Å². The Balaban J connectivity index is 2.34. The van der Waals surface area contributed by atoms with Gasteiger partial charge in [0.2, 0.25) is 0 Å². The first-order chi connectivity index (χ1) is 9.13. The van der Waals surface area contributed by atoms with E-state index in [0.29, 0.717) is 0 Å². The molecule has 2 nitrogen and oxygen atoms in total. The van der Waals surface area contributed by atoms with E-state index < -0.39 is 30.1 Å². The Labute approximate surface area is 108 Å². The Kier molecular flexibility index (Phi) is 4.06. The summed E-state index contributed by atoms with van der Waals surface area (Å²) in [5.74, 6) is -2.14. The van der Waals surface area contributed by atoms with Crippen LogP contribution in [0.2, 0.25) is 0 Å². The Morgan fingerprint density at radius 3 is 2.05 bits per heavy atom. The van der Waals surface area contributed by atoms with Gasteiger partial charge in [0.25, 0.3) is 0 Å². The minimum atomic E-state index is -1.06. The van der Waals surface area contributed by atoms with Gasteiger partial charge in [0.1, 0.15) is 17.5 Å². The number of halogens is 3. The molecular formula is C14H12F3NO. The lowest BCUT2D eigenvalue weighted by Crippen LogP contribution is -2.18. The highest BCUT2D eigenvalue weighted by Gasteiger charge is 2.20. The molecule has 1 atom stereocenters. The smallest absolute Gasteiger partial charge is 0.146 e. The van der Waals surface area contributed by atoms with E-state index >= 15 is 0 Å². The molecule has 0 saturated heterocycles. The first kappa shape index (κ1) is 13.4. The molecule has 0 aliphatic heterocycles. The SMILES string of the molecule is OCC(Nc1ccccc1F)c1c(F)cccc1F. The molecule has 5 heteroatoms. The Morgan fingerprint density at radius 2 is 1.47 bits per heavy atom. The molecule has 0 aromatic heterocycles. The number of anilines is 1. The summed E-state index contributed by atoms with van der Waals surface area (Å²) >= 11 is 0. The molecule has 0 bridgehead atoms. The summed E-state index contributed by atoms with van der Waals surface area (Å²) in [6, 6.07) is 8.07. The summed E-state index contributed by atoms with van der Waals surface area (Å²) in [5, 5.41) is 11.9. The largest absolute Gasteiger partial charge is 0.394 e. The van der Waals surface area contributed by atoms with Gasteiger partial charge in [-0.15, -0.1) is 0 Å². The van der Waals surface area contributed by atoms with E-state index in [9.17, 15) is 18.3 Å². The van der Waals surface area contributed by atoms with Crippen molar-refractivity contribution in [3.63, 3.8) is 0 Å². The molecule has 2 N–H and O–H groups in total. The zero-order valence-corrected chi connectivity index (χ0v) is 9.91. The number of nitrogens with one attached hydrogen (secondary N) is 1. The second-order valence-electron chi connectivity index (χ2n) is 3.99. The average Bonchev–Trinajstić information content (AvgIpc) is 2.39. The number of benzene rings is 2. The zero-order valence-electron chi connectivity index (χ0n) is 9.91. The number of rotatable bonds is 4. The Morgan fingerprint density at radius 1 is 0.895 bits per heavy atom. The molecule has 2 aromatic carbocycles. The van der Waals surface area contributed by atoms with Crippen LogP contribution in [-0.4, -0.2) is 11.7 Å². The second-order valence-corrected chi connectivity index (χ2v) is 3.99. The zero-order chi connectivity index (χ0) is 13.8. The molecule has 2 aromatic rings. The van der Waals surface area contributed by atoms with Crippen LogP contribution < -0.4 is 5.32 Å². The Bertz CT molecular complexity index is 554. The first-order valence-electron chi connectivity index (χ1n) is 5.69. The minimum Gasteiger partial charge on any atom is -0.394 e. The van der Waals surface area contributed by atoms with Crippen molar-refractivity contribution in [2.24, 2.45) is 0 Å². The summed E-state index contributed by atoms with van der Waals surface area (Å²) in [6.07, 6.45) is 0. The number of para-hydroxylation sites is 1. The maximum Gasteiger partial charge on any atom is 0.146 e. The first-order valence-corrected chi connectivity index (χ1v) is 5.69. The van der Waals surface area contributed by atoms with Crippen LogP contribution in [-0.2, 0) is 0 Å². The normalized spacial score (nSPS) is 12.2. The van der Waals surface area contributed by atoms with E-state index in [0.717, 1.165) is 12.1 Å². The number of aliphatic hydroxyl groups excluding tert-OH is 1. The van der Waals surface area contributed by atoms with Crippen molar-refractivity contribution >= 4 is 5.69 Å². The summed E-state index contributed by atoms with van der Waals surface area (Å²) in [7, 11) is 0. The maximum absolute atomic E-state index is 13.6. The highest BCUT2D eigenvalue weighted by atomic mass is 19.1. The van der Waals surface area contributed by atoms with Crippen LogP contribution in [0.15, 0.2) is 42.5 Å². The van der Waals surface area contributed by atoms with E-state index in [-0.39, 0.29) is 11.3 Å². The fourth-order valence-electron chi connectivity index (χ4n) is 1.82. The summed E-state index contributed by atoms with van der Waals surface area (Å²) in [4.78, 5) is 0. The third-order valence-electron chi connectivity index (χ3n) is 2.73. The second kappa shape index (κ2) is 5.75. The molecule has 0 saturated carbocycles. The van der Waals surface area contributed by atoms with Gasteiger partial charge in [0.15, 0.2) is 0 Å². The molecule has 0 aliphatic rings. The fourth-order valence-corrected chi connectivity index (χ4v) is 1.82. The van der Waals surface area contributed by atoms with Crippen molar-refractivity contribution in [1.82, 2.24) is 0 Å². The fraction of sp³-hybridized carbons (Fsp3) is 0.143. The molecule has 0 fully saturated rings. The lowest BCUT2D eigenvalue weighted by Gasteiger charge is -2.19. The van der Waals surface area contributed by atoms with Crippen molar-refractivity contribution in [2.45, 2.75) is 6.04 Å². The van der Waals surface area contributed by atoms with Crippen LogP contribution in [0.1, 0.15) is 11.6 Å². The lowest BCUT2D eigenvalue weighted by atomic mass is 10.1. The van der Waals surface area contributed by atoms with Gasteiger partial charge < -0.3 is 10.4 Å². The van der Waals surface area contributed by atoms with E-state index in [1.807, 2.05) is 0 Å². The summed E-state index contributed by atoms with van der Waals surface area (Å²) in [6.45, 7) is -0.563. The van der Waals surface area contributed by atoms with Crippen LogP contribution in [0.25, 0.3) is 0 Å². The van der Waals surface area contributed by atoms with Crippen LogP contribution >= 0.6 is 0 Å². The number of hydrogen-bond donors (Lipinski definition) is 2. The molecule has 0 heterocycles. The van der Waals surface area contributed by atoms with E-state index in [2.05, 4.69) is 5.32 Å². The van der Waals surface area contributed by atoms with Crippen molar-refractivity contribution < 1.29 is 18.3 Å². The van der Waals surface area contributed by atoms with E-state index in [4.69, 9.17) is 0 Å². The highest BCUT2D eigenvalue weighted by Crippen LogP contribution is 2.25. The molecule has 1 unspecified atom stereocenters. The molecule has 0 radical (unpaired) electrons. The predicted molar refractivity (Wildman–Crippen MR) is 66.2 cm³/mol. The van der Waals surface area contributed by atoms with Gasteiger partial charge in [-0.25, -0.2) is 13.2 Å². The number of aliphatic hydroxyl groups is 1. The summed E-state index contributed by atoms with van der Waals surface area (Å²) in [5.41, 5.74) is -0.238. The van der Waals surface area contributed by atoms with Crippen LogP contribution in [0.5, 0.6) is 0 Å². The Hall–Kier alpha value is -2.01. The van der Waals surface area contributed by atoms with Crippen LogP contribution in [0, 0.1) is 17.5 Å². The molecular weight excluding hydrogens is 255 g/mol. The van der Waals surface area contributed by atoms with Crippen LogP contribution in [0.4, 0.5) is 18.9 Å². The molecule has 0 amide bonds. The van der Waals surface area contributed by atoms with Crippen molar-refractivity contribution in [3.8, 4) is 0 Å². The van der Waals surface area contributed by atoms with Crippen molar-refractivity contribution in [2.75, 3.05) is 11.9 Å². The van der Waals surface area contributed by atoms with Crippen molar-refractivity contribution in [3.05, 3.63) is 65.5 Å².